The Kier molecular flexibility index (Phi) is 3.88. The Hall–Kier alpha value is -1.84. The zero-order chi connectivity index (χ0) is 14.0. The smallest absolute Gasteiger partial charge is 0.308 e. The first kappa shape index (κ1) is 13.6. The number of hydrogen-bond donors (Lipinski definition) is 1. The number of aryl methyl sites for hydroxylation is 2. The Morgan fingerprint density at radius 3 is 2.53 bits per heavy atom. The van der Waals surface area contributed by atoms with Gasteiger partial charge in [-0.3, -0.25) is 9.59 Å². The third-order valence-electron chi connectivity index (χ3n) is 3.50. The third kappa shape index (κ3) is 3.34. The monoisotopic (exact) mass is 261 g/mol. The van der Waals surface area contributed by atoms with Crippen LogP contribution in [-0.2, 0) is 16.1 Å². The molecule has 1 aliphatic rings. The molecule has 1 aliphatic heterocycles. The summed E-state index contributed by atoms with van der Waals surface area (Å²) in [5.41, 5.74) is 3.39. The molecule has 0 bridgehead atoms. The lowest BCUT2D eigenvalue weighted by molar-refractivity contribution is -0.147. The maximum Gasteiger partial charge on any atom is 0.308 e. The molecule has 0 saturated carbocycles. The molecule has 1 amide bonds. The van der Waals surface area contributed by atoms with Gasteiger partial charge in [0.2, 0.25) is 5.91 Å². The zero-order valence-electron chi connectivity index (χ0n) is 11.3. The SMILES string of the molecule is Cc1cc(C)cc(CN2CC(C(=O)O)CCC2=O)c1. The highest BCUT2D eigenvalue weighted by Gasteiger charge is 2.29. The summed E-state index contributed by atoms with van der Waals surface area (Å²) in [5, 5.41) is 9.06. The third-order valence-corrected chi connectivity index (χ3v) is 3.50. The first-order chi connectivity index (χ1) is 8.95. The van der Waals surface area contributed by atoms with Crippen molar-refractivity contribution >= 4 is 11.9 Å². The lowest BCUT2D eigenvalue weighted by Gasteiger charge is -2.30. The Morgan fingerprint density at radius 2 is 1.95 bits per heavy atom. The number of carbonyl (C=O) groups is 2. The van der Waals surface area contributed by atoms with Crippen LogP contribution < -0.4 is 0 Å². The summed E-state index contributed by atoms with van der Waals surface area (Å²) < 4.78 is 0. The van der Waals surface area contributed by atoms with Gasteiger partial charge >= 0.3 is 5.97 Å². The van der Waals surface area contributed by atoms with Crippen molar-refractivity contribution in [3.8, 4) is 0 Å². The molecule has 0 radical (unpaired) electrons. The molecule has 2 rings (SSSR count). The molecule has 19 heavy (non-hydrogen) atoms. The fourth-order valence-electron chi connectivity index (χ4n) is 2.65. The van der Waals surface area contributed by atoms with Gasteiger partial charge in [-0.25, -0.2) is 0 Å². The average Bonchev–Trinajstić information content (AvgIpc) is 2.30. The van der Waals surface area contributed by atoms with Crippen LogP contribution in [0, 0.1) is 19.8 Å². The van der Waals surface area contributed by atoms with E-state index in [2.05, 4.69) is 6.07 Å². The molecular weight excluding hydrogens is 242 g/mol. The van der Waals surface area contributed by atoms with E-state index >= 15 is 0 Å². The number of carbonyl (C=O) groups excluding carboxylic acids is 1. The molecule has 0 aliphatic carbocycles. The molecule has 1 fully saturated rings. The van der Waals surface area contributed by atoms with Gasteiger partial charge in [-0.05, 0) is 25.8 Å². The lowest BCUT2D eigenvalue weighted by atomic mass is 9.97. The Balaban J connectivity index is 2.11. The standard InChI is InChI=1S/C15H19NO3/c1-10-5-11(2)7-12(6-10)8-16-9-13(15(18)19)3-4-14(16)17/h5-7,13H,3-4,8-9H2,1-2H3,(H,18,19). The van der Waals surface area contributed by atoms with Crippen molar-refractivity contribution in [2.24, 2.45) is 5.92 Å². The summed E-state index contributed by atoms with van der Waals surface area (Å²) in [7, 11) is 0. The number of aliphatic carboxylic acids is 1. The predicted octanol–water partition coefficient (Wildman–Crippen LogP) is 2.13. The normalized spacial score (nSPS) is 19.6. The van der Waals surface area contributed by atoms with Gasteiger partial charge in [-0.15, -0.1) is 0 Å². The number of carboxylic acid groups (broad SMARTS) is 1. The van der Waals surface area contributed by atoms with Crippen LogP contribution in [0.1, 0.15) is 29.5 Å². The fourth-order valence-corrected chi connectivity index (χ4v) is 2.65. The Morgan fingerprint density at radius 1 is 1.32 bits per heavy atom. The fraction of sp³-hybridized carbons (Fsp3) is 0.467. The molecule has 102 valence electrons. The average molecular weight is 261 g/mol. The van der Waals surface area contributed by atoms with Gasteiger partial charge in [-0.2, -0.15) is 0 Å². The highest BCUT2D eigenvalue weighted by atomic mass is 16.4. The van der Waals surface area contributed by atoms with Crippen LogP contribution in [0.2, 0.25) is 0 Å². The number of piperidine rings is 1. The number of likely N-dealkylation sites (tertiary alicyclic amines) is 1. The molecule has 1 aromatic rings. The number of amides is 1. The van der Waals surface area contributed by atoms with Crippen molar-refractivity contribution in [2.45, 2.75) is 33.2 Å². The van der Waals surface area contributed by atoms with Gasteiger partial charge in [0.15, 0.2) is 0 Å². The van der Waals surface area contributed by atoms with E-state index in [4.69, 9.17) is 5.11 Å². The van der Waals surface area contributed by atoms with E-state index in [1.54, 1.807) is 4.90 Å². The molecule has 0 aromatic heterocycles. The summed E-state index contributed by atoms with van der Waals surface area (Å²) >= 11 is 0. The molecule has 1 N–H and O–H groups in total. The molecule has 1 aromatic carbocycles. The van der Waals surface area contributed by atoms with Gasteiger partial charge in [0.05, 0.1) is 5.92 Å². The lowest BCUT2D eigenvalue weighted by Crippen LogP contribution is -2.42. The predicted molar refractivity (Wildman–Crippen MR) is 71.7 cm³/mol. The highest BCUT2D eigenvalue weighted by molar-refractivity contribution is 5.80. The number of carboxylic acids is 1. The van der Waals surface area contributed by atoms with Gasteiger partial charge in [0.25, 0.3) is 0 Å². The minimum atomic E-state index is -0.807. The van der Waals surface area contributed by atoms with E-state index < -0.39 is 11.9 Å². The summed E-state index contributed by atoms with van der Waals surface area (Å²) in [6.45, 7) is 4.87. The molecule has 4 nitrogen and oxygen atoms in total. The van der Waals surface area contributed by atoms with Gasteiger partial charge in [0, 0.05) is 19.5 Å². The first-order valence-electron chi connectivity index (χ1n) is 6.53. The second-order valence-corrected chi connectivity index (χ2v) is 5.34. The minimum absolute atomic E-state index is 0.0525. The Labute approximate surface area is 113 Å². The molecule has 1 heterocycles. The maximum atomic E-state index is 11.9. The minimum Gasteiger partial charge on any atom is -0.481 e. The van der Waals surface area contributed by atoms with E-state index in [-0.39, 0.29) is 5.91 Å². The second-order valence-electron chi connectivity index (χ2n) is 5.34. The van der Waals surface area contributed by atoms with Crippen LogP contribution in [-0.4, -0.2) is 28.4 Å². The Bertz CT molecular complexity index is 490. The molecular formula is C15H19NO3. The van der Waals surface area contributed by atoms with Crippen molar-refractivity contribution in [3.05, 3.63) is 34.9 Å². The molecule has 4 heteroatoms. The van der Waals surface area contributed by atoms with E-state index in [0.29, 0.717) is 25.9 Å². The van der Waals surface area contributed by atoms with Crippen LogP contribution in [0.3, 0.4) is 0 Å². The van der Waals surface area contributed by atoms with E-state index in [0.717, 1.165) is 16.7 Å². The summed E-state index contributed by atoms with van der Waals surface area (Å²) in [6.07, 6.45) is 0.791. The number of benzene rings is 1. The van der Waals surface area contributed by atoms with Crippen molar-refractivity contribution in [2.75, 3.05) is 6.54 Å². The number of hydrogen-bond acceptors (Lipinski definition) is 2. The van der Waals surface area contributed by atoms with Crippen LogP contribution in [0.5, 0.6) is 0 Å². The van der Waals surface area contributed by atoms with Gasteiger partial charge in [0.1, 0.15) is 0 Å². The van der Waals surface area contributed by atoms with E-state index in [1.807, 2.05) is 26.0 Å². The van der Waals surface area contributed by atoms with E-state index in [1.165, 1.54) is 0 Å². The van der Waals surface area contributed by atoms with E-state index in [9.17, 15) is 9.59 Å². The van der Waals surface area contributed by atoms with Crippen molar-refractivity contribution in [1.29, 1.82) is 0 Å². The number of rotatable bonds is 3. The van der Waals surface area contributed by atoms with Crippen LogP contribution >= 0.6 is 0 Å². The van der Waals surface area contributed by atoms with Crippen molar-refractivity contribution in [1.82, 2.24) is 4.90 Å². The zero-order valence-corrected chi connectivity index (χ0v) is 11.3. The summed E-state index contributed by atoms with van der Waals surface area (Å²) in [5.74, 6) is -1.18. The van der Waals surface area contributed by atoms with Crippen LogP contribution in [0.25, 0.3) is 0 Å². The number of nitrogens with zero attached hydrogens (tertiary/aromatic N) is 1. The van der Waals surface area contributed by atoms with Crippen LogP contribution in [0.15, 0.2) is 18.2 Å². The van der Waals surface area contributed by atoms with Crippen molar-refractivity contribution < 1.29 is 14.7 Å². The summed E-state index contributed by atoms with van der Waals surface area (Å²) in [4.78, 5) is 24.6. The largest absolute Gasteiger partial charge is 0.481 e. The van der Waals surface area contributed by atoms with Crippen LogP contribution in [0.4, 0.5) is 0 Å². The second kappa shape index (κ2) is 5.43. The highest BCUT2D eigenvalue weighted by Crippen LogP contribution is 2.20. The van der Waals surface area contributed by atoms with Crippen molar-refractivity contribution in [3.63, 3.8) is 0 Å². The van der Waals surface area contributed by atoms with Gasteiger partial charge in [-0.1, -0.05) is 29.3 Å². The topological polar surface area (TPSA) is 57.6 Å². The molecule has 1 atom stereocenters. The molecule has 1 unspecified atom stereocenters. The quantitative estimate of drug-likeness (QED) is 0.906. The first-order valence-corrected chi connectivity index (χ1v) is 6.53. The molecule has 1 saturated heterocycles. The molecule has 0 spiro atoms. The summed E-state index contributed by atoms with van der Waals surface area (Å²) in [6, 6.07) is 6.18. The maximum absolute atomic E-state index is 11.9. The van der Waals surface area contributed by atoms with Gasteiger partial charge < -0.3 is 10.0 Å².